The minimum absolute atomic E-state index is 0.361. The third kappa shape index (κ3) is 1.47. The Bertz CT molecular complexity index is 533. The van der Waals surface area contributed by atoms with Gasteiger partial charge in [-0.1, -0.05) is 11.6 Å². The van der Waals surface area contributed by atoms with Crippen LogP contribution < -0.4 is 0 Å². The molecule has 4 nitrogen and oxygen atoms in total. The van der Waals surface area contributed by atoms with Gasteiger partial charge < -0.3 is 4.74 Å². The third-order valence-electron chi connectivity index (χ3n) is 2.27. The summed E-state index contributed by atoms with van der Waals surface area (Å²) in [6.07, 6.45) is 1.63. The fourth-order valence-electron chi connectivity index (χ4n) is 1.46. The molecule has 15 heavy (non-hydrogen) atoms. The fourth-order valence-corrected chi connectivity index (χ4v) is 1.75. The van der Waals surface area contributed by atoms with Crippen molar-refractivity contribution >= 4 is 28.5 Å². The van der Waals surface area contributed by atoms with Crippen LogP contribution in [0.15, 0.2) is 18.3 Å². The number of carbonyl (C=O) groups is 1. The molecule has 2 rings (SSSR count). The average Bonchev–Trinajstić information content (AvgIpc) is 2.61. The lowest BCUT2D eigenvalue weighted by Gasteiger charge is -2.03. The zero-order valence-corrected chi connectivity index (χ0v) is 9.08. The standard InChI is InChI=1S/C10H9ClN2O2/c1-13-8-4-3-6(10(14)15-2)9(11)7(8)5-12-13/h3-5H,1-2H3. The number of nitrogens with zero attached hydrogens (tertiary/aromatic N) is 2. The summed E-state index contributed by atoms with van der Waals surface area (Å²) in [5.74, 6) is -0.439. The van der Waals surface area contributed by atoms with Crippen molar-refractivity contribution in [2.75, 3.05) is 7.11 Å². The van der Waals surface area contributed by atoms with Crippen molar-refractivity contribution in [2.45, 2.75) is 0 Å². The quantitative estimate of drug-likeness (QED) is 0.696. The van der Waals surface area contributed by atoms with Crippen LogP contribution in [0.5, 0.6) is 0 Å². The number of carbonyl (C=O) groups excluding carboxylic acids is 1. The van der Waals surface area contributed by atoms with Crippen molar-refractivity contribution < 1.29 is 9.53 Å². The van der Waals surface area contributed by atoms with Crippen LogP contribution in [0.1, 0.15) is 10.4 Å². The second-order valence-corrected chi connectivity index (χ2v) is 3.50. The number of esters is 1. The van der Waals surface area contributed by atoms with E-state index in [9.17, 15) is 4.79 Å². The van der Waals surface area contributed by atoms with Crippen LogP contribution in [-0.4, -0.2) is 22.9 Å². The molecule has 1 aromatic heterocycles. The Kier molecular flexibility index (Phi) is 2.36. The summed E-state index contributed by atoms with van der Waals surface area (Å²) in [5, 5.41) is 5.20. The van der Waals surface area contributed by atoms with Crippen LogP contribution >= 0.6 is 11.6 Å². The molecule has 0 amide bonds. The molecule has 0 spiro atoms. The Balaban J connectivity index is 2.71. The van der Waals surface area contributed by atoms with E-state index in [0.29, 0.717) is 10.6 Å². The van der Waals surface area contributed by atoms with E-state index in [-0.39, 0.29) is 0 Å². The van der Waals surface area contributed by atoms with Crippen molar-refractivity contribution in [3.05, 3.63) is 28.9 Å². The third-order valence-corrected chi connectivity index (χ3v) is 2.68. The van der Waals surface area contributed by atoms with Crippen LogP contribution in [-0.2, 0) is 11.8 Å². The molecule has 0 fully saturated rings. The minimum atomic E-state index is -0.439. The second kappa shape index (κ2) is 3.55. The summed E-state index contributed by atoms with van der Waals surface area (Å²) >= 11 is 6.07. The maximum Gasteiger partial charge on any atom is 0.339 e. The first kappa shape index (κ1) is 9.98. The van der Waals surface area contributed by atoms with Crippen LogP contribution in [0.25, 0.3) is 10.9 Å². The lowest BCUT2D eigenvalue weighted by Crippen LogP contribution is -2.02. The number of fused-ring (bicyclic) bond motifs is 1. The molecule has 0 N–H and O–H groups in total. The SMILES string of the molecule is COC(=O)c1ccc2c(cnn2C)c1Cl. The zero-order chi connectivity index (χ0) is 11.0. The Hall–Kier alpha value is -1.55. The van der Waals surface area contributed by atoms with Gasteiger partial charge >= 0.3 is 5.97 Å². The molecule has 0 unspecified atom stereocenters. The Morgan fingerprint density at radius 3 is 2.93 bits per heavy atom. The van der Waals surface area contributed by atoms with E-state index in [0.717, 1.165) is 10.9 Å². The van der Waals surface area contributed by atoms with Crippen LogP contribution in [0.2, 0.25) is 5.02 Å². The molecule has 0 aliphatic carbocycles. The van der Waals surface area contributed by atoms with Gasteiger partial charge in [-0.15, -0.1) is 0 Å². The van der Waals surface area contributed by atoms with Crippen molar-refractivity contribution in [1.29, 1.82) is 0 Å². The molecule has 0 aliphatic rings. The molecule has 0 atom stereocenters. The van der Waals surface area contributed by atoms with Gasteiger partial charge in [-0.05, 0) is 12.1 Å². The molecular weight excluding hydrogens is 216 g/mol. The molecular formula is C10H9ClN2O2. The molecule has 5 heteroatoms. The number of rotatable bonds is 1. The fraction of sp³-hybridized carbons (Fsp3) is 0.200. The van der Waals surface area contributed by atoms with Crippen molar-refractivity contribution in [2.24, 2.45) is 7.05 Å². The number of methoxy groups -OCH3 is 1. The van der Waals surface area contributed by atoms with Crippen molar-refractivity contribution in [1.82, 2.24) is 9.78 Å². The number of benzene rings is 1. The van der Waals surface area contributed by atoms with Crippen LogP contribution in [0, 0.1) is 0 Å². The first-order valence-electron chi connectivity index (χ1n) is 4.33. The van der Waals surface area contributed by atoms with Gasteiger partial charge in [0.25, 0.3) is 0 Å². The van der Waals surface area contributed by atoms with Gasteiger partial charge in [-0.3, -0.25) is 4.68 Å². The smallest absolute Gasteiger partial charge is 0.339 e. The van der Waals surface area contributed by atoms with E-state index in [4.69, 9.17) is 11.6 Å². The molecule has 0 bridgehead atoms. The van der Waals surface area contributed by atoms with E-state index < -0.39 is 5.97 Å². The zero-order valence-electron chi connectivity index (χ0n) is 8.32. The van der Waals surface area contributed by atoms with Gasteiger partial charge in [0.1, 0.15) is 0 Å². The lowest BCUT2D eigenvalue weighted by molar-refractivity contribution is 0.0601. The average molecular weight is 225 g/mol. The summed E-state index contributed by atoms with van der Waals surface area (Å²) in [6.45, 7) is 0. The summed E-state index contributed by atoms with van der Waals surface area (Å²) < 4.78 is 6.32. The number of hydrogen-bond donors (Lipinski definition) is 0. The highest BCUT2D eigenvalue weighted by Gasteiger charge is 2.14. The first-order chi connectivity index (χ1) is 7.15. The predicted molar refractivity (Wildman–Crippen MR) is 57.1 cm³/mol. The predicted octanol–water partition coefficient (Wildman–Crippen LogP) is 2.01. The Labute approximate surface area is 91.4 Å². The Morgan fingerprint density at radius 1 is 1.53 bits per heavy atom. The first-order valence-corrected chi connectivity index (χ1v) is 4.71. The van der Waals surface area contributed by atoms with Gasteiger partial charge in [-0.2, -0.15) is 5.10 Å². The highest BCUT2D eigenvalue weighted by molar-refractivity contribution is 6.38. The molecule has 1 aromatic carbocycles. The van der Waals surface area contributed by atoms with E-state index in [1.165, 1.54) is 7.11 Å². The summed E-state index contributed by atoms with van der Waals surface area (Å²) in [4.78, 5) is 11.4. The minimum Gasteiger partial charge on any atom is -0.465 e. The molecule has 0 aliphatic heterocycles. The monoisotopic (exact) mass is 224 g/mol. The van der Waals surface area contributed by atoms with Gasteiger partial charge in [0.2, 0.25) is 0 Å². The van der Waals surface area contributed by atoms with Gasteiger partial charge in [0.15, 0.2) is 0 Å². The number of aryl methyl sites for hydroxylation is 1. The van der Waals surface area contributed by atoms with E-state index in [1.54, 1.807) is 23.0 Å². The maximum atomic E-state index is 11.4. The summed E-state index contributed by atoms with van der Waals surface area (Å²) in [5.41, 5.74) is 1.24. The summed E-state index contributed by atoms with van der Waals surface area (Å²) in [7, 11) is 3.14. The number of hydrogen-bond acceptors (Lipinski definition) is 3. The second-order valence-electron chi connectivity index (χ2n) is 3.12. The van der Waals surface area contributed by atoms with Gasteiger partial charge in [0, 0.05) is 12.4 Å². The molecule has 0 saturated heterocycles. The normalized spacial score (nSPS) is 10.6. The highest BCUT2D eigenvalue weighted by atomic mass is 35.5. The van der Waals surface area contributed by atoms with Crippen molar-refractivity contribution in [3.63, 3.8) is 0 Å². The van der Waals surface area contributed by atoms with E-state index >= 15 is 0 Å². The largest absolute Gasteiger partial charge is 0.465 e. The number of aromatic nitrogens is 2. The van der Waals surface area contributed by atoms with E-state index in [2.05, 4.69) is 9.84 Å². The van der Waals surface area contributed by atoms with Crippen LogP contribution in [0.3, 0.4) is 0 Å². The molecule has 0 saturated carbocycles. The summed E-state index contributed by atoms with van der Waals surface area (Å²) in [6, 6.07) is 3.43. The van der Waals surface area contributed by atoms with Crippen LogP contribution in [0.4, 0.5) is 0 Å². The highest BCUT2D eigenvalue weighted by Crippen LogP contribution is 2.27. The van der Waals surface area contributed by atoms with E-state index in [1.807, 2.05) is 7.05 Å². The molecule has 1 heterocycles. The molecule has 2 aromatic rings. The topological polar surface area (TPSA) is 44.1 Å². The molecule has 0 radical (unpaired) electrons. The van der Waals surface area contributed by atoms with Gasteiger partial charge in [-0.25, -0.2) is 4.79 Å². The van der Waals surface area contributed by atoms with Gasteiger partial charge in [0.05, 0.1) is 29.4 Å². The number of ether oxygens (including phenoxy) is 1. The number of halogens is 1. The molecule has 78 valence electrons. The maximum absolute atomic E-state index is 11.4. The lowest BCUT2D eigenvalue weighted by atomic mass is 10.1. The Morgan fingerprint density at radius 2 is 2.27 bits per heavy atom. The van der Waals surface area contributed by atoms with Crippen molar-refractivity contribution in [3.8, 4) is 0 Å².